The molecule has 1 heterocycles. The maximum absolute atomic E-state index is 4.13. The molecule has 9 heavy (non-hydrogen) atoms. The average molecular weight is 124 g/mol. The van der Waals surface area contributed by atoms with E-state index in [0.717, 1.165) is 12.1 Å². The van der Waals surface area contributed by atoms with Gasteiger partial charge in [0.25, 0.3) is 0 Å². The van der Waals surface area contributed by atoms with Gasteiger partial charge in [0.2, 0.25) is 0 Å². The molecule has 0 saturated carbocycles. The molecule has 1 rings (SSSR count). The lowest BCUT2D eigenvalue weighted by atomic mass is 10.1. The van der Waals surface area contributed by atoms with Gasteiger partial charge >= 0.3 is 0 Å². The van der Waals surface area contributed by atoms with Crippen molar-refractivity contribution in [1.29, 1.82) is 0 Å². The summed E-state index contributed by atoms with van der Waals surface area (Å²) in [6.07, 6.45) is 4.83. The number of hydrogen-bond donors (Lipinski definition) is 1. The molecule has 0 amide bonds. The van der Waals surface area contributed by atoms with E-state index >= 15 is 0 Å². The van der Waals surface area contributed by atoms with Crippen LogP contribution in [-0.4, -0.2) is 9.97 Å². The standard InChI is InChI=1S/C7H12N2/c1-3-6(2)7-4-8-5-9-7/h4-6H,3H2,1-2H3,(H,8,9)/t6-/m0/s1. The molecule has 2 heteroatoms. The number of aromatic amines is 1. The Kier molecular flexibility index (Phi) is 1.88. The number of nitrogens with one attached hydrogen (secondary N) is 1. The van der Waals surface area contributed by atoms with Crippen LogP contribution in [0, 0.1) is 0 Å². The van der Waals surface area contributed by atoms with Crippen molar-refractivity contribution >= 4 is 0 Å². The molecule has 1 aromatic heterocycles. The Bertz CT molecular complexity index is 155. The number of H-pyrrole nitrogens is 1. The average Bonchev–Trinajstić information content (AvgIpc) is 2.37. The van der Waals surface area contributed by atoms with E-state index < -0.39 is 0 Å². The minimum absolute atomic E-state index is 0.594. The monoisotopic (exact) mass is 124 g/mol. The molecular weight excluding hydrogens is 112 g/mol. The van der Waals surface area contributed by atoms with Crippen molar-refractivity contribution in [2.24, 2.45) is 0 Å². The molecule has 0 aliphatic carbocycles. The largest absolute Gasteiger partial charge is 0.351 e. The molecule has 0 fully saturated rings. The molecule has 2 nitrogen and oxygen atoms in total. The lowest BCUT2D eigenvalue weighted by molar-refractivity contribution is 0.713. The van der Waals surface area contributed by atoms with Gasteiger partial charge in [-0.1, -0.05) is 13.8 Å². The van der Waals surface area contributed by atoms with E-state index in [2.05, 4.69) is 23.8 Å². The Labute approximate surface area is 55.3 Å². The molecule has 0 bridgehead atoms. The van der Waals surface area contributed by atoms with Crippen molar-refractivity contribution < 1.29 is 0 Å². The zero-order valence-electron chi connectivity index (χ0n) is 5.89. The van der Waals surface area contributed by atoms with Gasteiger partial charge in [0, 0.05) is 6.20 Å². The van der Waals surface area contributed by atoms with Gasteiger partial charge in [-0.15, -0.1) is 0 Å². The molecule has 0 aliphatic heterocycles. The molecule has 0 aromatic carbocycles. The Morgan fingerprint density at radius 2 is 2.56 bits per heavy atom. The molecule has 50 valence electrons. The second-order valence-electron chi connectivity index (χ2n) is 2.30. The third-order valence-corrected chi connectivity index (χ3v) is 1.64. The van der Waals surface area contributed by atoms with Gasteiger partial charge in [-0.2, -0.15) is 0 Å². The van der Waals surface area contributed by atoms with Gasteiger partial charge in [-0.25, -0.2) is 4.98 Å². The first kappa shape index (κ1) is 6.33. The molecule has 0 spiro atoms. The second kappa shape index (κ2) is 2.67. The molecule has 1 N–H and O–H groups in total. The van der Waals surface area contributed by atoms with Crippen molar-refractivity contribution in [3.05, 3.63) is 18.2 Å². The highest BCUT2D eigenvalue weighted by Crippen LogP contribution is 2.13. The van der Waals surface area contributed by atoms with Crippen LogP contribution in [0.15, 0.2) is 12.5 Å². The zero-order valence-corrected chi connectivity index (χ0v) is 5.89. The maximum atomic E-state index is 4.13. The first-order chi connectivity index (χ1) is 4.34. The summed E-state index contributed by atoms with van der Waals surface area (Å²) in [5, 5.41) is 0. The van der Waals surface area contributed by atoms with E-state index in [4.69, 9.17) is 0 Å². The fourth-order valence-corrected chi connectivity index (χ4v) is 0.750. The van der Waals surface area contributed by atoms with Crippen molar-refractivity contribution in [2.75, 3.05) is 0 Å². The fourth-order valence-electron chi connectivity index (χ4n) is 0.750. The molecule has 1 aromatic rings. The highest BCUT2D eigenvalue weighted by atomic mass is 14.9. The summed E-state index contributed by atoms with van der Waals surface area (Å²) < 4.78 is 0. The summed E-state index contributed by atoms with van der Waals surface area (Å²) in [7, 11) is 0. The second-order valence-corrected chi connectivity index (χ2v) is 2.30. The fraction of sp³-hybridized carbons (Fsp3) is 0.571. The Hall–Kier alpha value is -0.790. The summed E-state index contributed by atoms with van der Waals surface area (Å²) in [4.78, 5) is 7.07. The van der Waals surface area contributed by atoms with E-state index in [0.29, 0.717) is 5.92 Å². The SMILES string of the molecule is CC[C@H](C)c1c[nH]cn1. The predicted molar refractivity (Wildman–Crippen MR) is 37.3 cm³/mol. The third-order valence-electron chi connectivity index (χ3n) is 1.64. The number of imidazole rings is 1. The van der Waals surface area contributed by atoms with Crippen molar-refractivity contribution in [3.8, 4) is 0 Å². The van der Waals surface area contributed by atoms with E-state index in [1.165, 1.54) is 0 Å². The van der Waals surface area contributed by atoms with Crippen LogP contribution in [0.3, 0.4) is 0 Å². The predicted octanol–water partition coefficient (Wildman–Crippen LogP) is 1.92. The summed E-state index contributed by atoms with van der Waals surface area (Å²) in [6.45, 7) is 4.34. The number of nitrogens with zero attached hydrogens (tertiary/aromatic N) is 1. The number of rotatable bonds is 2. The Balaban J connectivity index is 2.65. The van der Waals surface area contributed by atoms with Crippen molar-refractivity contribution in [3.63, 3.8) is 0 Å². The third kappa shape index (κ3) is 1.31. The Morgan fingerprint density at radius 3 is 3.00 bits per heavy atom. The highest BCUT2D eigenvalue weighted by Gasteiger charge is 2.02. The van der Waals surface area contributed by atoms with Crippen molar-refractivity contribution in [1.82, 2.24) is 9.97 Å². The van der Waals surface area contributed by atoms with Crippen LogP contribution < -0.4 is 0 Å². The van der Waals surface area contributed by atoms with Crippen LogP contribution in [0.1, 0.15) is 31.9 Å². The van der Waals surface area contributed by atoms with E-state index in [-0.39, 0.29) is 0 Å². The van der Waals surface area contributed by atoms with Crippen LogP contribution in [0.4, 0.5) is 0 Å². The van der Waals surface area contributed by atoms with Crippen LogP contribution in [0.5, 0.6) is 0 Å². The van der Waals surface area contributed by atoms with Crippen LogP contribution >= 0.6 is 0 Å². The van der Waals surface area contributed by atoms with Crippen LogP contribution in [0.2, 0.25) is 0 Å². The molecular formula is C7H12N2. The van der Waals surface area contributed by atoms with Gasteiger partial charge < -0.3 is 4.98 Å². The lowest BCUT2D eigenvalue weighted by Gasteiger charge is -2.00. The smallest absolute Gasteiger partial charge is 0.0923 e. The Morgan fingerprint density at radius 1 is 1.78 bits per heavy atom. The van der Waals surface area contributed by atoms with Crippen LogP contribution in [-0.2, 0) is 0 Å². The first-order valence-electron chi connectivity index (χ1n) is 3.33. The highest BCUT2D eigenvalue weighted by molar-refractivity contribution is 5.00. The molecule has 0 radical (unpaired) electrons. The normalized spacial score (nSPS) is 13.6. The first-order valence-corrected chi connectivity index (χ1v) is 3.33. The summed E-state index contributed by atoms with van der Waals surface area (Å²) in [5.41, 5.74) is 1.16. The van der Waals surface area contributed by atoms with Gasteiger partial charge in [0.15, 0.2) is 0 Å². The van der Waals surface area contributed by atoms with Gasteiger partial charge in [-0.05, 0) is 12.3 Å². The van der Waals surface area contributed by atoms with Crippen molar-refractivity contribution in [2.45, 2.75) is 26.2 Å². The van der Waals surface area contributed by atoms with E-state index in [1.807, 2.05) is 6.20 Å². The van der Waals surface area contributed by atoms with Gasteiger partial charge in [0.05, 0.1) is 12.0 Å². The zero-order chi connectivity index (χ0) is 6.69. The molecule has 1 atom stereocenters. The van der Waals surface area contributed by atoms with E-state index in [1.54, 1.807) is 6.33 Å². The number of hydrogen-bond acceptors (Lipinski definition) is 1. The molecule has 0 unspecified atom stereocenters. The van der Waals surface area contributed by atoms with Crippen LogP contribution in [0.25, 0.3) is 0 Å². The quantitative estimate of drug-likeness (QED) is 0.641. The van der Waals surface area contributed by atoms with E-state index in [9.17, 15) is 0 Å². The van der Waals surface area contributed by atoms with Gasteiger partial charge in [-0.3, -0.25) is 0 Å². The minimum atomic E-state index is 0.594. The van der Waals surface area contributed by atoms with Gasteiger partial charge in [0.1, 0.15) is 0 Å². The molecule has 0 saturated heterocycles. The lowest BCUT2D eigenvalue weighted by Crippen LogP contribution is -1.89. The maximum Gasteiger partial charge on any atom is 0.0923 e. The summed E-state index contributed by atoms with van der Waals surface area (Å²) in [6, 6.07) is 0. The topological polar surface area (TPSA) is 28.7 Å². The summed E-state index contributed by atoms with van der Waals surface area (Å²) in [5.74, 6) is 0.594. The summed E-state index contributed by atoms with van der Waals surface area (Å²) >= 11 is 0. The molecule has 0 aliphatic rings. The number of aromatic nitrogens is 2. The minimum Gasteiger partial charge on any atom is -0.351 e.